The molecule has 2 fully saturated rings. The third kappa shape index (κ3) is 4.62. The number of halogens is 1. The minimum absolute atomic E-state index is 0.00936. The lowest BCUT2D eigenvalue weighted by molar-refractivity contribution is -0.131. The average molecular weight is 427 g/mol. The second-order valence-electron chi connectivity index (χ2n) is 8.12. The van der Waals surface area contributed by atoms with Crippen LogP contribution in [0.4, 0.5) is 0 Å². The number of benzene rings is 2. The smallest absolute Gasteiger partial charge is 0.227 e. The van der Waals surface area contributed by atoms with Gasteiger partial charge in [0, 0.05) is 35.6 Å². The molecule has 0 bridgehead atoms. The second kappa shape index (κ2) is 9.09. The molecule has 2 unspecified atom stereocenters. The van der Waals surface area contributed by atoms with E-state index in [9.17, 15) is 9.59 Å². The van der Waals surface area contributed by atoms with Crippen LogP contribution in [0.2, 0.25) is 5.02 Å². The molecule has 2 aromatic rings. The van der Waals surface area contributed by atoms with E-state index in [1.807, 2.05) is 53.4 Å². The number of hydrogen-bond donors (Lipinski definition) is 1. The highest BCUT2D eigenvalue weighted by Gasteiger charge is 2.45. The van der Waals surface area contributed by atoms with Crippen molar-refractivity contribution in [3.05, 3.63) is 64.7 Å². The first-order valence-electron chi connectivity index (χ1n) is 10.5. The Morgan fingerprint density at radius 1 is 1.10 bits per heavy atom. The van der Waals surface area contributed by atoms with E-state index in [0.29, 0.717) is 19.5 Å². The van der Waals surface area contributed by atoms with Gasteiger partial charge in [-0.1, -0.05) is 48.0 Å². The normalized spacial score (nSPS) is 21.2. The zero-order chi connectivity index (χ0) is 21.1. The summed E-state index contributed by atoms with van der Waals surface area (Å²) in [5.41, 5.74) is 1.97. The van der Waals surface area contributed by atoms with Crippen LogP contribution in [0.15, 0.2) is 48.5 Å². The topological polar surface area (TPSA) is 58.6 Å². The number of rotatable bonds is 6. The first-order chi connectivity index (χ1) is 14.6. The molecule has 0 aromatic heterocycles. The first kappa shape index (κ1) is 20.7. The molecule has 2 aromatic carbocycles. The summed E-state index contributed by atoms with van der Waals surface area (Å²) in [5.74, 6) is 1.19. The van der Waals surface area contributed by atoms with Crippen molar-refractivity contribution in [3.8, 4) is 5.75 Å². The summed E-state index contributed by atoms with van der Waals surface area (Å²) in [6.45, 7) is 1.33. The monoisotopic (exact) mass is 426 g/mol. The van der Waals surface area contributed by atoms with E-state index in [4.69, 9.17) is 16.3 Å². The molecule has 2 atom stereocenters. The first-order valence-corrected chi connectivity index (χ1v) is 10.9. The number of ether oxygens (including phenoxy) is 1. The summed E-state index contributed by atoms with van der Waals surface area (Å²) < 4.78 is 5.34. The number of carbonyl (C=O) groups is 2. The fourth-order valence-electron chi connectivity index (χ4n) is 4.31. The minimum atomic E-state index is 0.00936. The summed E-state index contributed by atoms with van der Waals surface area (Å²) in [6.07, 6.45) is 2.76. The molecule has 4 rings (SSSR count). The predicted octanol–water partition coefficient (Wildman–Crippen LogP) is 3.80. The highest BCUT2D eigenvalue weighted by molar-refractivity contribution is 6.31. The van der Waals surface area contributed by atoms with Crippen molar-refractivity contribution < 1.29 is 14.3 Å². The van der Waals surface area contributed by atoms with Crippen molar-refractivity contribution >= 4 is 23.4 Å². The third-order valence-electron chi connectivity index (χ3n) is 6.16. The maximum absolute atomic E-state index is 12.7. The van der Waals surface area contributed by atoms with Crippen molar-refractivity contribution in [2.24, 2.45) is 5.92 Å². The van der Waals surface area contributed by atoms with E-state index in [0.717, 1.165) is 41.2 Å². The van der Waals surface area contributed by atoms with Crippen LogP contribution in [0.1, 0.15) is 36.3 Å². The van der Waals surface area contributed by atoms with Gasteiger partial charge in [0.05, 0.1) is 13.5 Å². The molecule has 158 valence electrons. The van der Waals surface area contributed by atoms with Crippen LogP contribution >= 0.6 is 11.6 Å². The minimum Gasteiger partial charge on any atom is -0.496 e. The zero-order valence-corrected chi connectivity index (χ0v) is 17.9. The Morgan fingerprint density at radius 3 is 2.53 bits per heavy atom. The van der Waals surface area contributed by atoms with Crippen molar-refractivity contribution in [1.29, 1.82) is 0 Å². The van der Waals surface area contributed by atoms with Gasteiger partial charge in [-0.25, -0.2) is 0 Å². The molecular weight excluding hydrogens is 400 g/mol. The van der Waals surface area contributed by atoms with Gasteiger partial charge in [-0.15, -0.1) is 0 Å². The van der Waals surface area contributed by atoms with E-state index in [-0.39, 0.29) is 29.7 Å². The predicted molar refractivity (Wildman–Crippen MR) is 117 cm³/mol. The Labute approximate surface area is 182 Å². The largest absolute Gasteiger partial charge is 0.496 e. The Morgan fingerprint density at radius 2 is 1.80 bits per heavy atom. The van der Waals surface area contributed by atoms with Crippen molar-refractivity contribution in [1.82, 2.24) is 10.2 Å². The van der Waals surface area contributed by atoms with E-state index in [1.54, 1.807) is 7.11 Å². The number of amides is 2. The highest BCUT2D eigenvalue weighted by atomic mass is 35.5. The maximum Gasteiger partial charge on any atom is 0.227 e. The lowest BCUT2D eigenvalue weighted by Gasteiger charge is -2.32. The number of carbonyl (C=O) groups excluding carboxylic acids is 2. The quantitative estimate of drug-likeness (QED) is 0.764. The number of piperidine rings is 1. The summed E-state index contributed by atoms with van der Waals surface area (Å²) >= 11 is 6.27. The zero-order valence-electron chi connectivity index (χ0n) is 17.1. The molecule has 2 amide bonds. The highest BCUT2D eigenvalue weighted by Crippen LogP contribution is 2.49. The number of likely N-dealkylation sites (tertiary alicyclic amines) is 1. The van der Waals surface area contributed by atoms with Crippen LogP contribution in [0.3, 0.4) is 0 Å². The molecule has 2 aliphatic rings. The molecular formula is C24H27ClN2O3. The van der Waals surface area contributed by atoms with E-state index >= 15 is 0 Å². The Balaban J connectivity index is 1.24. The standard InChI is InChI=1S/C24H27ClN2O3/c1-30-22-9-5-2-6-16(22)14-23(28)27-12-10-17(11-13-27)26-24(29)20-15-19(20)18-7-3-4-8-21(18)25/h2-9,17,19-20H,10-15H2,1H3,(H,26,29). The maximum atomic E-state index is 12.7. The molecule has 1 heterocycles. The van der Waals surface area contributed by atoms with E-state index in [1.165, 1.54) is 0 Å². The molecule has 6 heteroatoms. The second-order valence-corrected chi connectivity index (χ2v) is 8.53. The fourth-order valence-corrected chi connectivity index (χ4v) is 4.59. The SMILES string of the molecule is COc1ccccc1CC(=O)N1CCC(NC(=O)C2CC2c2ccccc2Cl)CC1. The van der Waals surface area contributed by atoms with Crippen LogP contribution in [0.5, 0.6) is 5.75 Å². The fraction of sp³-hybridized carbons (Fsp3) is 0.417. The molecule has 0 spiro atoms. The molecule has 30 heavy (non-hydrogen) atoms. The molecule has 1 aliphatic carbocycles. The summed E-state index contributed by atoms with van der Waals surface area (Å²) in [4.78, 5) is 27.2. The van der Waals surface area contributed by atoms with Gasteiger partial charge >= 0.3 is 0 Å². The number of nitrogens with one attached hydrogen (secondary N) is 1. The van der Waals surface area contributed by atoms with Crippen molar-refractivity contribution in [2.45, 2.75) is 37.6 Å². The summed E-state index contributed by atoms with van der Waals surface area (Å²) in [7, 11) is 1.62. The van der Waals surface area contributed by atoms with Gasteiger partial charge in [-0.2, -0.15) is 0 Å². The van der Waals surface area contributed by atoms with Crippen LogP contribution in [-0.4, -0.2) is 43.0 Å². The van der Waals surface area contributed by atoms with Gasteiger partial charge in [-0.3, -0.25) is 9.59 Å². The molecule has 1 saturated carbocycles. The van der Waals surface area contributed by atoms with Gasteiger partial charge < -0.3 is 15.0 Å². The molecule has 1 saturated heterocycles. The Bertz CT molecular complexity index is 924. The van der Waals surface area contributed by atoms with Gasteiger partial charge in [0.1, 0.15) is 5.75 Å². The molecule has 1 aliphatic heterocycles. The molecule has 1 N–H and O–H groups in total. The lowest BCUT2D eigenvalue weighted by Crippen LogP contribution is -2.47. The number of methoxy groups -OCH3 is 1. The number of hydrogen-bond acceptors (Lipinski definition) is 3. The van der Waals surface area contributed by atoms with Gasteiger partial charge in [-0.05, 0) is 42.9 Å². The molecule has 0 radical (unpaired) electrons. The number of nitrogens with zero attached hydrogens (tertiary/aromatic N) is 1. The van der Waals surface area contributed by atoms with Crippen LogP contribution in [0, 0.1) is 5.92 Å². The number of para-hydroxylation sites is 1. The van der Waals surface area contributed by atoms with Gasteiger partial charge in [0.15, 0.2) is 0 Å². The van der Waals surface area contributed by atoms with Gasteiger partial charge in [0.25, 0.3) is 0 Å². The Kier molecular flexibility index (Phi) is 6.28. The third-order valence-corrected chi connectivity index (χ3v) is 6.50. The summed E-state index contributed by atoms with van der Waals surface area (Å²) in [6, 6.07) is 15.5. The van der Waals surface area contributed by atoms with Crippen LogP contribution in [0.25, 0.3) is 0 Å². The van der Waals surface area contributed by atoms with Crippen molar-refractivity contribution in [2.75, 3.05) is 20.2 Å². The van der Waals surface area contributed by atoms with Crippen LogP contribution < -0.4 is 10.1 Å². The lowest BCUT2D eigenvalue weighted by atomic mass is 10.0. The summed E-state index contributed by atoms with van der Waals surface area (Å²) in [5, 5.41) is 3.92. The van der Waals surface area contributed by atoms with E-state index < -0.39 is 0 Å². The van der Waals surface area contributed by atoms with Crippen molar-refractivity contribution in [3.63, 3.8) is 0 Å². The van der Waals surface area contributed by atoms with Gasteiger partial charge in [0.2, 0.25) is 11.8 Å². The Hall–Kier alpha value is -2.53. The van der Waals surface area contributed by atoms with E-state index in [2.05, 4.69) is 5.32 Å². The van der Waals surface area contributed by atoms with Crippen LogP contribution in [-0.2, 0) is 16.0 Å². The molecule has 5 nitrogen and oxygen atoms in total. The average Bonchev–Trinajstić information content (AvgIpc) is 3.56.